The summed E-state index contributed by atoms with van der Waals surface area (Å²) in [6.07, 6.45) is 6.86. The number of ether oxygens (including phenoxy) is 1. The lowest BCUT2D eigenvalue weighted by molar-refractivity contribution is -0.131. The maximum atomic E-state index is 11.9. The molecule has 0 radical (unpaired) electrons. The number of allylic oxidation sites excluding steroid dienone is 2. The number of likely N-dealkylation sites (tertiary alicyclic amines) is 1. The summed E-state index contributed by atoms with van der Waals surface area (Å²) in [4.78, 5) is 13.6. The second-order valence-electron chi connectivity index (χ2n) is 7.81. The molecule has 1 aromatic heterocycles. The van der Waals surface area contributed by atoms with Crippen LogP contribution in [0.2, 0.25) is 0 Å². The molecule has 166 valence electrons. The van der Waals surface area contributed by atoms with Crippen LogP contribution in [0.1, 0.15) is 13.0 Å². The first kappa shape index (κ1) is 22.0. The Morgan fingerprint density at radius 3 is 2.42 bits per heavy atom. The highest BCUT2D eigenvalue weighted by Crippen LogP contribution is 2.22. The van der Waals surface area contributed by atoms with Crippen molar-refractivity contribution in [3.8, 4) is 5.75 Å². The maximum Gasteiger partial charge on any atom is 0.246 e. The molecule has 2 heterocycles. The maximum absolute atomic E-state index is 11.9. The van der Waals surface area contributed by atoms with Gasteiger partial charge >= 0.3 is 0 Å². The molecule has 0 bridgehead atoms. The second kappa shape index (κ2) is 9.94. The zero-order valence-electron chi connectivity index (χ0n) is 18.7. The number of nitrogens with one attached hydrogen (secondary N) is 1. The van der Waals surface area contributed by atoms with Crippen LogP contribution in [0.5, 0.6) is 5.75 Å². The SMILES string of the molecule is C=CC=C=c1ccn(C2CN(C(=O)C=C)C2)/c1=C(/C)Oc1ccc(Nc2ccccc2)cc1. The van der Waals surface area contributed by atoms with E-state index in [1.807, 2.05) is 73.8 Å². The number of amides is 1. The second-order valence-corrected chi connectivity index (χ2v) is 7.81. The van der Waals surface area contributed by atoms with E-state index in [9.17, 15) is 4.79 Å². The molecular weight excluding hydrogens is 410 g/mol. The highest BCUT2D eigenvalue weighted by Gasteiger charge is 2.31. The number of anilines is 2. The molecule has 1 aliphatic heterocycles. The highest BCUT2D eigenvalue weighted by molar-refractivity contribution is 5.87. The van der Waals surface area contributed by atoms with Crippen molar-refractivity contribution in [2.75, 3.05) is 18.4 Å². The molecule has 1 saturated heterocycles. The molecule has 4 rings (SSSR count). The summed E-state index contributed by atoms with van der Waals surface area (Å²) in [5.41, 5.74) is 5.28. The molecule has 1 fully saturated rings. The van der Waals surface area contributed by atoms with E-state index in [0.29, 0.717) is 13.1 Å². The van der Waals surface area contributed by atoms with Gasteiger partial charge in [-0.2, -0.15) is 0 Å². The van der Waals surface area contributed by atoms with E-state index in [1.165, 1.54) is 6.08 Å². The fourth-order valence-corrected chi connectivity index (χ4v) is 3.85. The number of para-hydroxylation sites is 1. The molecule has 1 amide bonds. The Labute approximate surface area is 193 Å². The van der Waals surface area contributed by atoms with Gasteiger partial charge in [0.05, 0.1) is 11.4 Å². The zero-order valence-corrected chi connectivity index (χ0v) is 18.7. The number of carbonyl (C=O) groups is 1. The normalized spacial score (nSPS) is 13.9. The number of carbonyl (C=O) groups excluding carboxylic acids is 1. The van der Waals surface area contributed by atoms with E-state index in [1.54, 1.807) is 17.1 Å². The third kappa shape index (κ3) is 5.00. The molecule has 5 nitrogen and oxygen atoms in total. The van der Waals surface area contributed by atoms with Gasteiger partial charge in [-0.15, -0.1) is 5.73 Å². The summed E-state index contributed by atoms with van der Waals surface area (Å²) in [5, 5.41) is 5.23. The smallest absolute Gasteiger partial charge is 0.246 e. The van der Waals surface area contributed by atoms with Crippen LogP contribution in [-0.2, 0) is 4.79 Å². The summed E-state index contributed by atoms with van der Waals surface area (Å²) in [6, 6.07) is 20.1. The van der Waals surface area contributed by atoms with Crippen LogP contribution in [-0.4, -0.2) is 28.5 Å². The Morgan fingerprint density at radius 1 is 1.06 bits per heavy atom. The van der Waals surface area contributed by atoms with Gasteiger partial charge < -0.3 is 19.5 Å². The van der Waals surface area contributed by atoms with Crippen molar-refractivity contribution in [2.45, 2.75) is 13.0 Å². The topological polar surface area (TPSA) is 46.5 Å². The fourth-order valence-electron chi connectivity index (χ4n) is 3.85. The van der Waals surface area contributed by atoms with Crippen molar-refractivity contribution in [1.82, 2.24) is 9.47 Å². The van der Waals surface area contributed by atoms with Crippen molar-refractivity contribution in [2.24, 2.45) is 0 Å². The minimum Gasteiger partial charge on any atom is -0.460 e. The van der Waals surface area contributed by atoms with Crippen molar-refractivity contribution >= 4 is 28.8 Å². The third-order valence-corrected chi connectivity index (χ3v) is 5.53. The first-order chi connectivity index (χ1) is 16.1. The Bertz CT molecular complexity index is 1310. The number of aromatic nitrogens is 1. The van der Waals surface area contributed by atoms with Crippen LogP contribution in [0, 0.1) is 0 Å². The Hall–Kier alpha value is -4.21. The van der Waals surface area contributed by atoms with E-state index in [0.717, 1.165) is 33.5 Å². The molecular formula is C28H27N3O2. The summed E-state index contributed by atoms with van der Waals surface area (Å²) in [5.74, 6) is 1.46. The van der Waals surface area contributed by atoms with Crippen LogP contribution in [0.15, 0.2) is 98.2 Å². The summed E-state index contributed by atoms with van der Waals surface area (Å²) >= 11 is 0. The Morgan fingerprint density at radius 2 is 1.76 bits per heavy atom. The molecule has 5 heteroatoms. The fraction of sp³-hybridized carbons (Fsp3) is 0.143. The molecule has 0 spiro atoms. The van der Waals surface area contributed by atoms with E-state index >= 15 is 0 Å². The van der Waals surface area contributed by atoms with Gasteiger partial charge in [0.25, 0.3) is 0 Å². The van der Waals surface area contributed by atoms with Crippen molar-refractivity contribution in [3.05, 3.63) is 109 Å². The van der Waals surface area contributed by atoms with Crippen LogP contribution in [0.3, 0.4) is 0 Å². The molecule has 1 aliphatic rings. The first-order valence-electron chi connectivity index (χ1n) is 10.9. The van der Waals surface area contributed by atoms with E-state index < -0.39 is 0 Å². The monoisotopic (exact) mass is 437 g/mol. The summed E-state index contributed by atoms with van der Waals surface area (Å²) in [7, 11) is 0. The number of nitrogens with zero attached hydrogens (tertiary/aromatic N) is 2. The third-order valence-electron chi connectivity index (χ3n) is 5.53. The minimum absolute atomic E-state index is 0.0422. The van der Waals surface area contributed by atoms with Gasteiger partial charge in [-0.05, 0) is 61.5 Å². The van der Waals surface area contributed by atoms with Gasteiger partial charge in [0.1, 0.15) is 11.5 Å². The number of hydrogen-bond acceptors (Lipinski definition) is 3. The van der Waals surface area contributed by atoms with Crippen LogP contribution < -0.4 is 20.6 Å². The standard InChI is InChI=1S/C28H27N3O2/c1-4-6-10-22-17-18-31(25-19-30(20-25)27(32)5-2)28(22)21(3)33-26-15-13-24(14-16-26)29-23-11-8-7-9-12-23/h4-9,11-18,25,29H,1-2,19-20H2,3H3/b28-21-. The first-order valence-corrected chi connectivity index (χ1v) is 10.9. The predicted molar refractivity (Wildman–Crippen MR) is 134 cm³/mol. The summed E-state index contributed by atoms with van der Waals surface area (Å²) in [6.45, 7) is 10.5. The average molecular weight is 438 g/mol. The van der Waals surface area contributed by atoms with Gasteiger partial charge in [0.15, 0.2) is 0 Å². The van der Waals surface area contributed by atoms with E-state index in [2.05, 4.69) is 28.8 Å². The summed E-state index contributed by atoms with van der Waals surface area (Å²) < 4.78 is 8.39. The minimum atomic E-state index is -0.0422. The van der Waals surface area contributed by atoms with Gasteiger partial charge in [-0.3, -0.25) is 4.79 Å². The van der Waals surface area contributed by atoms with E-state index in [4.69, 9.17) is 4.74 Å². The molecule has 2 aromatic carbocycles. The molecule has 0 atom stereocenters. The number of rotatable bonds is 7. The lowest BCUT2D eigenvalue weighted by Crippen LogP contribution is -2.53. The van der Waals surface area contributed by atoms with Crippen molar-refractivity contribution in [3.63, 3.8) is 0 Å². The van der Waals surface area contributed by atoms with Crippen molar-refractivity contribution in [1.29, 1.82) is 0 Å². The quantitative estimate of drug-likeness (QED) is 0.447. The van der Waals surface area contributed by atoms with E-state index in [-0.39, 0.29) is 11.9 Å². The lowest BCUT2D eigenvalue weighted by Gasteiger charge is -2.39. The predicted octanol–water partition coefficient (Wildman–Crippen LogP) is 4.13. The van der Waals surface area contributed by atoms with Crippen LogP contribution in [0.25, 0.3) is 11.5 Å². The van der Waals surface area contributed by atoms with Crippen LogP contribution in [0.4, 0.5) is 11.4 Å². The largest absolute Gasteiger partial charge is 0.460 e. The molecule has 0 aliphatic carbocycles. The zero-order chi connectivity index (χ0) is 23.2. The van der Waals surface area contributed by atoms with Gasteiger partial charge in [0.2, 0.25) is 5.91 Å². The van der Waals surface area contributed by atoms with Gasteiger partial charge in [0, 0.05) is 35.9 Å². The number of benzene rings is 2. The van der Waals surface area contributed by atoms with Crippen LogP contribution >= 0.6 is 0 Å². The average Bonchev–Trinajstić information content (AvgIpc) is 3.22. The molecule has 1 N–H and O–H groups in total. The molecule has 0 saturated carbocycles. The Kier molecular flexibility index (Phi) is 6.63. The molecule has 0 unspecified atom stereocenters. The van der Waals surface area contributed by atoms with Gasteiger partial charge in [-0.25, -0.2) is 0 Å². The lowest BCUT2D eigenvalue weighted by atomic mass is 10.1. The molecule has 3 aromatic rings. The highest BCUT2D eigenvalue weighted by atomic mass is 16.5. The number of hydrogen-bond donors (Lipinski definition) is 1. The Balaban J connectivity index is 1.60. The molecule has 33 heavy (non-hydrogen) atoms. The van der Waals surface area contributed by atoms with Gasteiger partial charge in [-0.1, -0.05) is 37.4 Å². The van der Waals surface area contributed by atoms with Crippen molar-refractivity contribution < 1.29 is 9.53 Å².